The zero-order chi connectivity index (χ0) is 21.4. The standard InChI is InChI=1S/C23H22BrNO5/c1-30-18-11-8-14(12-17(18)24)21(27)19-20(13-6-9-16(26)10-7-13)25(23(29)22(19)28)15-4-2-3-5-15/h6-12,15,20,26-27H,2-5H2,1H3/b21-19-. The summed E-state index contributed by atoms with van der Waals surface area (Å²) in [7, 11) is 1.54. The van der Waals surface area contributed by atoms with Crippen molar-refractivity contribution in [2.75, 3.05) is 7.11 Å². The van der Waals surface area contributed by atoms with Crippen LogP contribution in [0.1, 0.15) is 42.9 Å². The molecule has 2 aromatic carbocycles. The van der Waals surface area contributed by atoms with Crippen LogP contribution in [0.2, 0.25) is 0 Å². The number of methoxy groups -OCH3 is 1. The number of aliphatic hydroxyl groups is 1. The van der Waals surface area contributed by atoms with Crippen molar-refractivity contribution in [2.24, 2.45) is 0 Å². The molecule has 1 aliphatic heterocycles. The van der Waals surface area contributed by atoms with E-state index in [1.807, 2.05) is 0 Å². The smallest absolute Gasteiger partial charge is 0.295 e. The number of hydrogen-bond donors (Lipinski definition) is 2. The number of aliphatic hydroxyl groups excluding tert-OH is 1. The monoisotopic (exact) mass is 471 g/mol. The van der Waals surface area contributed by atoms with Crippen LogP contribution >= 0.6 is 15.9 Å². The summed E-state index contributed by atoms with van der Waals surface area (Å²) in [5.74, 6) is -0.822. The highest BCUT2D eigenvalue weighted by Crippen LogP contribution is 2.44. The minimum atomic E-state index is -0.699. The van der Waals surface area contributed by atoms with Crippen LogP contribution in [0.5, 0.6) is 11.5 Å². The second-order valence-electron chi connectivity index (χ2n) is 7.59. The topological polar surface area (TPSA) is 87.1 Å². The third-order valence-electron chi connectivity index (χ3n) is 5.83. The molecule has 156 valence electrons. The second kappa shape index (κ2) is 8.14. The minimum absolute atomic E-state index is 0.0480. The number of hydrogen-bond acceptors (Lipinski definition) is 5. The van der Waals surface area contributed by atoms with E-state index in [0.29, 0.717) is 21.3 Å². The van der Waals surface area contributed by atoms with E-state index in [4.69, 9.17) is 4.74 Å². The lowest BCUT2D eigenvalue weighted by molar-refractivity contribution is -0.141. The summed E-state index contributed by atoms with van der Waals surface area (Å²) in [6, 6.07) is 10.7. The fourth-order valence-electron chi connectivity index (χ4n) is 4.36. The molecular formula is C23H22BrNO5. The Labute approximate surface area is 182 Å². The van der Waals surface area contributed by atoms with E-state index in [1.54, 1.807) is 35.2 Å². The van der Waals surface area contributed by atoms with E-state index in [2.05, 4.69) is 15.9 Å². The van der Waals surface area contributed by atoms with Crippen LogP contribution in [-0.4, -0.2) is 40.0 Å². The molecule has 30 heavy (non-hydrogen) atoms. The highest BCUT2D eigenvalue weighted by molar-refractivity contribution is 9.10. The number of carbonyl (C=O) groups is 2. The number of ether oxygens (including phenoxy) is 1. The van der Waals surface area contributed by atoms with E-state index in [1.165, 1.54) is 19.2 Å². The Balaban J connectivity index is 1.87. The first-order chi connectivity index (χ1) is 14.4. The zero-order valence-electron chi connectivity index (χ0n) is 16.5. The zero-order valence-corrected chi connectivity index (χ0v) is 18.1. The van der Waals surface area contributed by atoms with Gasteiger partial charge in [-0.2, -0.15) is 0 Å². The van der Waals surface area contributed by atoms with Gasteiger partial charge in [0, 0.05) is 11.6 Å². The number of halogens is 1. The molecule has 2 fully saturated rings. The fourth-order valence-corrected chi connectivity index (χ4v) is 4.90. The van der Waals surface area contributed by atoms with Crippen molar-refractivity contribution >= 4 is 33.4 Å². The number of carbonyl (C=O) groups excluding carboxylic acids is 2. The molecule has 1 unspecified atom stereocenters. The number of ketones is 1. The van der Waals surface area contributed by atoms with Crippen molar-refractivity contribution in [2.45, 2.75) is 37.8 Å². The van der Waals surface area contributed by atoms with Crippen molar-refractivity contribution < 1.29 is 24.5 Å². The number of benzene rings is 2. The SMILES string of the molecule is COc1ccc(/C(O)=C2/C(=O)C(=O)N(C3CCCC3)C2c2ccc(O)cc2)cc1Br. The molecule has 1 heterocycles. The Kier molecular flexibility index (Phi) is 5.56. The first-order valence-electron chi connectivity index (χ1n) is 9.85. The summed E-state index contributed by atoms with van der Waals surface area (Å²) < 4.78 is 5.86. The first-order valence-corrected chi connectivity index (χ1v) is 10.6. The molecule has 1 amide bonds. The van der Waals surface area contributed by atoms with Gasteiger partial charge in [0.2, 0.25) is 0 Å². The Morgan fingerprint density at radius 1 is 1.10 bits per heavy atom. The molecule has 0 aromatic heterocycles. The number of rotatable bonds is 4. The highest BCUT2D eigenvalue weighted by Gasteiger charge is 2.49. The van der Waals surface area contributed by atoms with E-state index >= 15 is 0 Å². The summed E-state index contributed by atoms with van der Waals surface area (Å²) >= 11 is 3.40. The molecule has 1 saturated heterocycles. The Hall–Kier alpha value is -2.80. The molecule has 0 radical (unpaired) electrons. The largest absolute Gasteiger partial charge is 0.508 e. The normalized spacial score (nSPS) is 21.4. The Morgan fingerprint density at radius 3 is 2.37 bits per heavy atom. The number of phenols is 1. The van der Waals surface area contributed by atoms with Crippen LogP contribution in [0.15, 0.2) is 52.5 Å². The third kappa shape index (κ3) is 3.47. The third-order valence-corrected chi connectivity index (χ3v) is 6.45. The summed E-state index contributed by atoms with van der Waals surface area (Å²) in [6.45, 7) is 0. The molecule has 0 spiro atoms. The summed E-state index contributed by atoms with van der Waals surface area (Å²) in [6.07, 6.45) is 3.66. The number of amides is 1. The molecule has 2 aliphatic rings. The molecular weight excluding hydrogens is 450 g/mol. The number of Topliss-reactive ketones (excluding diaryl/α,β-unsaturated/α-hetero) is 1. The summed E-state index contributed by atoms with van der Waals surface area (Å²) in [5, 5.41) is 20.8. The molecule has 1 saturated carbocycles. The Bertz CT molecular complexity index is 1020. The minimum Gasteiger partial charge on any atom is -0.508 e. The lowest BCUT2D eigenvalue weighted by Gasteiger charge is -2.30. The van der Waals surface area contributed by atoms with Crippen LogP contribution < -0.4 is 4.74 Å². The van der Waals surface area contributed by atoms with Gasteiger partial charge in [-0.15, -0.1) is 0 Å². The lowest BCUT2D eigenvalue weighted by Crippen LogP contribution is -2.37. The lowest BCUT2D eigenvalue weighted by atomic mass is 9.94. The molecule has 2 aromatic rings. The maximum absolute atomic E-state index is 13.1. The predicted octanol–water partition coefficient (Wildman–Crippen LogP) is 4.53. The van der Waals surface area contributed by atoms with Crippen molar-refractivity contribution in [3.05, 3.63) is 63.6 Å². The molecule has 1 aliphatic carbocycles. The molecule has 4 rings (SSSR count). The van der Waals surface area contributed by atoms with E-state index in [9.17, 15) is 19.8 Å². The Morgan fingerprint density at radius 2 is 1.77 bits per heavy atom. The molecule has 1 atom stereocenters. The van der Waals surface area contributed by atoms with Crippen LogP contribution in [0.3, 0.4) is 0 Å². The van der Waals surface area contributed by atoms with Crippen molar-refractivity contribution in [3.8, 4) is 11.5 Å². The van der Waals surface area contributed by atoms with Gasteiger partial charge in [-0.05, 0) is 64.7 Å². The van der Waals surface area contributed by atoms with E-state index in [-0.39, 0.29) is 23.1 Å². The van der Waals surface area contributed by atoms with Crippen molar-refractivity contribution in [1.29, 1.82) is 0 Å². The van der Waals surface area contributed by atoms with E-state index < -0.39 is 17.7 Å². The number of aromatic hydroxyl groups is 1. The van der Waals surface area contributed by atoms with Gasteiger partial charge < -0.3 is 19.8 Å². The van der Waals surface area contributed by atoms with Gasteiger partial charge in [0.1, 0.15) is 17.3 Å². The number of nitrogens with zero attached hydrogens (tertiary/aromatic N) is 1. The van der Waals surface area contributed by atoms with Gasteiger partial charge in [-0.1, -0.05) is 25.0 Å². The first kappa shape index (κ1) is 20.5. The molecule has 6 nitrogen and oxygen atoms in total. The van der Waals surface area contributed by atoms with Gasteiger partial charge >= 0.3 is 0 Å². The van der Waals surface area contributed by atoms with Gasteiger partial charge in [0.25, 0.3) is 11.7 Å². The average Bonchev–Trinajstić information content (AvgIpc) is 3.35. The van der Waals surface area contributed by atoms with E-state index in [0.717, 1.165) is 25.7 Å². The van der Waals surface area contributed by atoms with Gasteiger partial charge in [-0.25, -0.2) is 0 Å². The number of phenolic OH excluding ortho intramolecular Hbond substituents is 1. The van der Waals surface area contributed by atoms with Gasteiger partial charge in [-0.3, -0.25) is 9.59 Å². The number of likely N-dealkylation sites (tertiary alicyclic amines) is 1. The van der Waals surface area contributed by atoms with Crippen LogP contribution in [0.25, 0.3) is 5.76 Å². The second-order valence-corrected chi connectivity index (χ2v) is 8.44. The van der Waals surface area contributed by atoms with Crippen LogP contribution in [0.4, 0.5) is 0 Å². The van der Waals surface area contributed by atoms with Gasteiger partial charge in [0.15, 0.2) is 0 Å². The predicted molar refractivity (Wildman–Crippen MR) is 115 cm³/mol. The maximum atomic E-state index is 13.1. The molecule has 7 heteroatoms. The van der Waals surface area contributed by atoms with Crippen molar-refractivity contribution in [1.82, 2.24) is 4.90 Å². The van der Waals surface area contributed by atoms with Gasteiger partial charge in [0.05, 0.1) is 23.2 Å². The fraction of sp³-hybridized carbons (Fsp3) is 0.304. The van der Waals surface area contributed by atoms with Crippen LogP contribution in [-0.2, 0) is 9.59 Å². The van der Waals surface area contributed by atoms with Crippen LogP contribution in [0, 0.1) is 0 Å². The molecule has 0 bridgehead atoms. The quantitative estimate of drug-likeness (QED) is 0.388. The highest BCUT2D eigenvalue weighted by atomic mass is 79.9. The maximum Gasteiger partial charge on any atom is 0.295 e. The average molecular weight is 472 g/mol. The summed E-state index contributed by atoms with van der Waals surface area (Å²) in [4.78, 5) is 27.7. The molecule has 2 N–H and O–H groups in total. The summed E-state index contributed by atoms with van der Waals surface area (Å²) in [5.41, 5.74) is 1.15. The van der Waals surface area contributed by atoms with Crippen molar-refractivity contribution in [3.63, 3.8) is 0 Å².